The SMILES string of the molecule is CC(O)CN(CC(C)O)c1nc2nnnn2c2sc3c(c12)CCN(Cc1ccccc1)C3. The van der Waals surface area contributed by atoms with E-state index >= 15 is 0 Å². The van der Waals surface area contributed by atoms with E-state index in [4.69, 9.17) is 4.98 Å². The third-order valence-corrected chi connectivity index (χ3v) is 6.90. The molecule has 0 fully saturated rings. The van der Waals surface area contributed by atoms with Crippen LogP contribution < -0.4 is 4.90 Å². The number of aromatic nitrogens is 5. The largest absolute Gasteiger partial charge is 0.392 e. The maximum absolute atomic E-state index is 10.1. The van der Waals surface area contributed by atoms with Gasteiger partial charge >= 0.3 is 0 Å². The molecule has 10 heteroatoms. The second-order valence-electron chi connectivity index (χ2n) is 8.56. The minimum Gasteiger partial charge on any atom is -0.392 e. The summed E-state index contributed by atoms with van der Waals surface area (Å²) in [4.78, 5) is 11.4. The number of anilines is 1. The van der Waals surface area contributed by atoms with E-state index in [9.17, 15) is 10.2 Å². The van der Waals surface area contributed by atoms with Crippen molar-refractivity contribution in [2.24, 2.45) is 0 Å². The van der Waals surface area contributed by atoms with Crippen molar-refractivity contribution < 1.29 is 10.2 Å². The van der Waals surface area contributed by atoms with Crippen LogP contribution in [-0.2, 0) is 19.5 Å². The van der Waals surface area contributed by atoms with Gasteiger partial charge in [0.05, 0.1) is 17.6 Å². The lowest BCUT2D eigenvalue weighted by molar-refractivity contribution is 0.178. The molecule has 2 unspecified atom stereocenters. The monoisotopic (exact) mass is 453 g/mol. The molecule has 3 aromatic heterocycles. The highest BCUT2D eigenvalue weighted by atomic mass is 32.1. The zero-order chi connectivity index (χ0) is 22.2. The molecule has 0 radical (unpaired) electrons. The van der Waals surface area contributed by atoms with Gasteiger partial charge in [-0.1, -0.05) is 35.4 Å². The zero-order valence-electron chi connectivity index (χ0n) is 18.2. The van der Waals surface area contributed by atoms with E-state index in [0.29, 0.717) is 18.9 Å². The third-order valence-electron chi connectivity index (χ3n) is 5.71. The number of nitrogens with zero attached hydrogens (tertiary/aromatic N) is 7. The Morgan fingerprint density at radius 1 is 1.12 bits per heavy atom. The second kappa shape index (κ2) is 8.70. The van der Waals surface area contributed by atoms with Gasteiger partial charge in [-0.15, -0.1) is 11.3 Å². The highest BCUT2D eigenvalue weighted by Crippen LogP contribution is 2.40. The Hall–Kier alpha value is -2.66. The quantitative estimate of drug-likeness (QED) is 0.437. The molecule has 2 N–H and O–H groups in total. The first-order valence-electron chi connectivity index (χ1n) is 10.9. The molecule has 1 aliphatic rings. The topological polar surface area (TPSA) is 103 Å². The van der Waals surface area contributed by atoms with Crippen molar-refractivity contribution in [2.75, 3.05) is 24.5 Å². The molecular weight excluding hydrogens is 426 g/mol. The molecule has 0 saturated heterocycles. The maximum Gasteiger partial charge on any atom is 0.276 e. The first kappa shape index (κ1) is 21.2. The number of rotatable bonds is 7. The van der Waals surface area contributed by atoms with Crippen LogP contribution in [0.4, 0.5) is 5.82 Å². The van der Waals surface area contributed by atoms with Crippen LogP contribution in [0.5, 0.6) is 0 Å². The lowest BCUT2D eigenvalue weighted by Crippen LogP contribution is -2.37. The standard InChI is InChI=1S/C22H27N7O2S/c1-14(30)10-28(11-15(2)31)20-19-17-8-9-27(12-16-6-4-3-5-7-16)13-18(17)32-21(19)29-22(23-20)24-25-26-29/h3-7,14-15,30-31H,8-13H2,1-2H3. The molecule has 32 heavy (non-hydrogen) atoms. The van der Waals surface area contributed by atoms with E-state index < -0.39 is 12.2 Å². The summed E-state index contributed by atoms with van der Waals surface area (Å²) in [5.41, 5.74) is 2.58. The van der Waals surface area contributed by atoms with Gasteiger partial charge in [0.15, 0.2) is 0 Å². The maximum atomic E-state index is 10.1. The number of thiophene rings is 1. The molecule has 5 rings (SSSR count). The van der Waals surface area contributed by atoms with E-state index in [1.165, 1.54) is 16.0 Å². The van der Waals surface area contributed by atoms with Crippen LogP contribution in [0.15, 0.2) is 30.3 Å². The van der Waals surface area contributed by atoms with E-state index in [0.717, 1.165) is 42.1 Å². The minimum absolute atomic E-state index is 0.371. The van der Waals surface area contributed by atoms with Gasteiger partial charge in [0.1, 0.15) is 10.6 Å². The van der Waals surface area contributed by atoms with E-state index in [2.05, 4.69) is 44.7 Å². The summed E-state index contributed by atoms with van der Waals surface area (Å²) >= 11 is 1.70. The molecule has 4 heterocycles. The Kier molecular flexibility index (Phi) is 5.76. The molecule has 0 aliphatic carbocycles. The molecule has 1 aliphatic heterocycles. The molecule has 0 saturated carbocycles. The van der Waals surface area contributed by atoms with Crippen LogP contribution in [0, 0.1) is 0 Å². The number of tetrazole rings is 1. The first-order valence-corrected chi connectivity index (χ1v) is 11.7. The van der Waals surface area contributed by atoms with Crippen molar-refractivity contribution >= 4 is 33.1 Å². The summed E-state index contributed by atoms with van der Waals surface area (Å²) in [5.74, 6) is 1.16. The minimum atomic E-state index is -0.561. The molecule has 1 aromatic carbocycles. The predicted octanol–water partition coefficient (Wildman–Crippen LogP) is 1.86. The molecule has 0 amide bonds. The molecular formula is C22H27N7O2S. The Balaban J connectivity index is 1.58. The number of hydrogen-bond donors (Lipinski definition) is 2. The van der Waals surface area contributed by atoms with E-state index in [1.54, 1.807) is 29.7 Å². The summed E-state index contributed by atoms with van der Waals surface area (Å²) < 4.78 is 1.70. The molecule has 2 atom stereocenters. The van der Waals surface area contributed by atoms with Crippen LogP contribution in [0.1, 0.15) is 29.9 Å². The van der Waals surface area contributed by atoms with Crippen LogP contribution in [-0.4, -0.2) is 72.0 Å². The van der Waals surface area contributed by atoms with Crippen molar-refractivity contribution in [2.45, 2.75) is 45.6 Å². The van der Waals surface area contributed by atoms with Crippen molar-refractivity contribution in [3.63, 3.8) is 0 Å². The van der Waals surface area contributed by atoms with Gasteiger partial charge in [0.25, 0.3) is 5.78 Å². The van der Waals surface area contributed by atoms with Gasteiger partial charge < -0.3 is 15.1 Å². The molecule has 9 nitrogen and oxygen atoms in total. The summed E-state index contributed by atoms with van der Waals surface area (Å²) in [7, 11) is 0. The lowest BCUT2D eigenvalue weighted by Gasteiger charge is -2.29. The van der Waals surface area contributed by atoms with Crippen LogP contribution in [0.3, 0.4) is 0 Å². The summed E-state index contributed by atoms with van der Waals surface area (Å²) in [6.45, 7) is 6.95. The van der Waals surface area contributed by atoms with Crippen molar-refractivity contribution in [3.05, 3.63) is 46.3 Å². The van der Waals surface area contributed by atoms with Crippen molar-refractivity contribution in [3.8, 4) is 0 Å². The second-order valence-corrected chi connectivity index (χ2v) is 9.64. The Bertz CT molecular complexity index is 1210. The van der Waals surface area contributed by atoms with Gasteiger partial charge in [-0.2, -0.15) is 9.50 Å². The van der Waals surface area contributed by atoms with Crippen LogP contribution >= 0.6 is 11.3 Å². The third kappa shape index (κ3) is 4.06. The number of aliphatic hydroxyl groups excluding tert-OH is 2. The zero-order valence-corrected chi connectivity index (χ0v) is 19.0. The fourth-order valence-corrected chi connectivity index (χ4v) is 5.78. The predicted molar refractivity (Wildman–Crippen MR) is 124 cm³/mol. The van der Waals surface area contributed by atoms with E-state index in [-0.39, 0.29) is 0 Å². The lowest BCUT2D eigenvalue weighted by atomic mass is 10.0. The van der Waals surface area contributed by atoms with Gasteiger partial charge in [0.2, 0.25) is 0 Å². The average molecular weight is 454 g/mol. The van der Waals surface area contributed by atoms with E-state index in [1.807, 2.05) is 11.0 Å². The van der Waals surface area contributed by atoms with Crippen molar-refractivity contribution in [1.29, 1.82) is 0 Å². The van der Waals surface area contributed by atoms with Gasteiger partial charge in [0, 0.05) is 37.6 Å². The summed E-state index contributed by atoms with van der Waals surface area (Å²) in [6, 6.07) is 10.5. The number of fused-ring (bicyclic) bond motifs is 5. The Morgan fingerprint density at radius 3 is 2.59 bits per heavy atom. The molecule has 168 valence electrons. The van der Waals surface area contributed by atoms with Gasteiger partial charge in [-0.25, -0.2) is 0 Å². The highest BCUT2D eigenvalue weighted by molar-refractivity contribution is 7.19. The molecule has 0 bridgehead atoms. The van der Waals surface area contributed by atoms with Crippen LogP contribution in [0.25, 0.3) is 16.0 Å². The number of hydrogen-bond acceptors (Lipinski definition) is 9. The average Bonchev–Trinajstić information content (AvgIpc) is 3.36. The summed E-state index contributed by atoms with van der Waals surface area (Å²) in [5, 5.41) is 33.3. The first-order chi connectivity index (χ1) is 15.5. The fraction of sp³-hybridized carbons (Fsp3) is 0.455. The summed E-state index contributed by atoms with van der Waals surface area (Å²) in [6.07, 6.45) is -0.218. The normalized spacial score (nSPS) is 16.4. The number of aliphatic hydroxyl groups is 2. The van der Waals surface area contributed by atoms with Crippen LogP contribution in [0.2, 0.25) is 0 Å². The fourth-order valence-electron chi connectivity index (χ4n) is 4.45. The number of benzene rings is 1. The Morgan fingerprint density at radius 2 is 1.88 bits per heavy atom. The Labute approximate surface area is 189 Å². The van der Waals surface area contributed by atoms with Crippen molar-refractivity contribution in [1.82, 2.24) is 29.9 Å². The van der Waals surface area contributed by atoms with Gasteiger partial charge in [-0.05, 0) is 41.8 Å². The smallest absolute Gasteiger partial charge is 0.276 e. The molecule has 4 aromatic rings. The molecule has 0 spiro atoms. The van der Waals surface area contributed by atoms with Gasteiger partial charge in [-0.3, -0.25) is 4.90 Å². The highest BCUT2D eigenvalue weighted by Gasteiger charge is 2.28.